The maximum atomic E-state index is 14.3. The summed E-state index contributed by atoms with van der Waals surface area (Å²) in [5.74, 6) is 0.556. The fourth-order valence-corrected chi connectivity index (χ4v) is 6.68. The summed E-state index contributed by atoms with van der Waals surface area (Å²) < 4.78 is 30.9. The van der Waals surface area contributed by atoms with Crippen LogP contribution in [0.15, 0.2) is 72.3 Å². The molecule has 0 aliphatic heterocycles. The third kappa shape index (κ3) is 6.14. The lowest BCUT2D eigenvalue weighted by molar-refractivity contribution is -0.147. The van der Waals surface area contributed by atoms with Crippen molar-refractivity contribution in [3.05, 3.63) is 99.8 Å². The number of benzene rings is 3. The lowest BCUT2D eigenvalue weighted by Crippen LogP contribution is -2.52. The van der Waals surface area contributed by atoms with Crippen LogP contribution in [0.5, 0.6) is 5.75 Å². The van der Waals surface area contributed by atoms with Gasteiger partial charge in [-0.15, -0.1) is 0 Å². The molecule has 0 unspecified atom stereocenters. The number of methoxy groups -OCH3 is 2. The molecule has 5 rings (SSSR count). The molecule has 7 heteroatoms. The number of anilines is 1. The molecule has 0 heterocycles. The van der Waals surface area contributed by atoms with Gasteiger partial charge in [-0.1, -0.05) is 54.4 Å². The second-order valence-electron chi connectivity index (χ2n) is 11.4. The fraction of sp³-hybridized carbons (Fsp3) is 0.382. The van der Waals surface area contributed by atoms with Crippen LogP contribution in [0.25, 0.3) is 6.08 Å². The summed E-state index contributed by atoms with van der Waals surface area (Å²) in [5.41, 5.74) is 4.09. The zero-order valence-electron chi connectivity index (χ0n) is 23.8. The molecule has 0 saturated heterocycles. The lowest BCUT2D eigenvalue weighted by Gasteiger charge is -2.46. The Kier molecular flexibility index (Phi) is 8.71. The van der Waals surface area contributed by atoms with E-state index >= 15 is 0 Å². The fourth-order valence-electron chi connectivity index (χ4n) is 6.49. The smallest absolute Gasteiger partial charge is 0.331 e. The number of ether oxygens (including phenoxy) is 3. The van der Waals surface area contributed by atoms with Crippen LogP contribution in [-0.4, -0.2) is 32.3 Å². The van der Waals surface area contributed by atoms with Gasteiger partial charge in [0.1, 0.15) is 17.1 Å². The predicted molar refractivity (Wildman–Crippen MR) is 161 cm³/mol. The Balaban J connectivity index is 1.32. The van der Waals surface area contributed by atoms with Crippen LogP contribution in [-0.2, 0) is 26.3 Å². The van der Waals surface area contributed by atoms with Crippen LogP contribution in [0, 0.1) is 11.7 Å². The Bertz CT molecular complexity index is 1410. The van der Waals surface area contributed by atoms with Gasteiger partial charge in [-0.3, -0.25) is 0 Å². The minimum absolute atomic E-state index is 0.241. The summed E-state index contributed by atoms with van der Waals surface area (Å²) in [4.78, 5) is 13.2. The van der Waals surface area contributed by atoms with Gasteiger partial charge in [-0.2, -0.15) is 0 Å². The van der Waals surface area contributed by atoms with E-state index in [1.165, 1.54) is 12.7 Å². The predicted octanol–water partition coefficient (Wildman–Crippen LogP) is 7.96. The monoisotopic (exact) mass is 577 g/mol. The minimum Gasteiger partial charge on any atom is -0.497 e. The van der Waals surface area contributed by atoms with Crippen LogP contribution in [0.1, 0.15) is 55.7 Å². The summed E-state index contributed by atoms with van der Waals surface area (Å²) in [6, 6.07) is 20.4. The lowest BCUT2D eigenvalue weighted by atomic mass is 9.61. The number of carbonyl (C=O) groups excluding carboxylic acids is 1. The standard InChI is InChI=1S/C34H37ClFNO4/c1-23(21-41-22-24-7-10-30(39-2)11-8-24)17-26-18-25-19-28(36)9-12-31(25)33(26)13-15-34(16-14-33,32(38)40-3)37-29-6-4-5-27(35)20-29/h4-12,18-20,23,37H,13-17,21-22H2,1-3H3/t23-,33?,34?/m1/s1. The number of esters is 1. The van der Waals surface area contributed by atoms with Crippen LogP contribution in [0.2, 0.25) is 5.02 Å². The van der Waals surface area contributed by atoms with Crippen molar-refractivity contribution in [1.82, 2.24) is 0 Å². The number of hydrogen-bond acceptors (Lipinski definition) is 5. The van der Waals surface area contributed by atoms with E-state index in [1.807, 2.05) is 48.5 Å². The van der Waals surface area contributed by atoms with Crippen LogP contribution in [0.4, 0.5) is 10.1 Å². The molecule has 41 heavy (non-hydrogen) atoms. The number of rotatable bonds is 10. The molecule has 0 radical (unpaired) electrons. The first-order valence-electron chi connectivity index (χ1n) is 14.1. The maximum absolute atomic E-state index is 14.3. The normalized spacial score (nSPS) is 22.1. The third-order valence-electron chi connectivity index (χ3n) is 8.61. The molecule has 3 aromatic carbocycles. The number of allylic oxidation sites excluding steroid dienone is 1. The van der Waals surface area contributed by atoms with Gasteiger partial charge < -0.3 is 19.5 Å². The van der Waals surface area contributed by atoms with Crippen molar-refractivity contribution in [3.8, 4) is 5.75 Å². The number of fused-ring (bicyclic) bond motifs is 2. The third-order valence-corrected chi connectivity index (χ3v) is 8.85. The largest absolute Gasteiger partial charge is 0.497 e. The molecule has 0 aromatic heterocycles. The molecule has 2 aliphatic rings. The highest BCUT2D eigenvalue weighted by atomic mass is 35.5. The van der Waals surface area contributed by atoms with Gasteiger partial charge in [0, 0.05) is 22.7 Å². The number of hydrogen-bond donors (Lipinski definition) is 1. The molecule has 0 bridgehead atoms. The van der Waals surface area contributed by atoms with Crippen molar-refractivity contribution in [2.45, 2.75) is 56.6 Å². The van der Waals surface area contributed by atoms with E-state index in [-0.39, 0.29) is 23.1 Å². The van der Waals surface area contributed by atoms with E-state index in [9.17, 15) is 9.18 Å². The van der Waals surface area contributed by atoms with E-state index in [0.717, 1.165) is 47.4 Å². The van der Waals surface area contributed by atoms with Gasteiger partial charge in [-0.05, 0) is 97.2 Å². The van der Waals surface area contributed by atoms with Crippen molar-refractivity contribution in [1.29, 1.82) is 0 Å². The highest BCUT2D eigenvalue weighted by molar-refractivity contribution is 6.30. The van der Waals surface area contributed by atoms with Gasteiger partial charge in [-0.25, -0.2) is 9.18 Å². The molecule has 5 nitrogen and oxygen atoms in total. The van der Waals surface area contributed by atoms with E-state index < -0.39 is 5.54 Å². The summed E-state index contributed by atoms with van der Waals surface area (Å²) in [5, 5.41) is 4.06. The Morgan fingerprint density at radius 1 is 1.02 bits per heavy atom. The SMILES string of the molecule is COC(=O)C1(Nc2cccc(Cl)c2)CCC2(CC1)C(C[C@@H](C)COCc1ccc(OC)cc1)=Cc1cc(F)ccc12. The Morgan fingerprint density at radius 2 is 1.78 bits per heavy atom. The van der Waals surface area contributed by atoms with Crippen molar-refractivity contribution in [3.63, 3.8) is 0 Å². The van der Waals surface area contributed by atoms with Gasteiger partial charge in [0.25, 0.3) is 0 Å². The van der Waals surface area contributed by atoms with E-state index in [0.29, 0.717) is 31.1 Å². The van der Waals surface area contributed by atoms with E-state index in [1.54, 1.807) is 25.3 Å². The molecule has 1 atom stereocenters. The van der Waals surface area contributed by atoms with Gasteiger partial charge in [0.2, 0.25) is 0 Å². The molecular formula is C34H37ClFNO4. The molecule has 1 saturated carbocycles. The Morgan fingerprint density at radius 3 is 2.46 bits per heavy atom. The summed E-state index contributed by atoms with van der Waals surface area (Å²) >= 11 is 6.23. The number of carbonyl (C=O) groups is 1. The first-order chi connectivity index (χ1) is 19.8. The summed E-state index contributed by atoms with van der Waals surface area (Å²) in [6.07, 6.45) is 5.60. The molecule has 1 fully saturated rings. The zero-order valence-corrected chi connectivity index (χ0v) is 24.6. The first kappa shape index (κ1) is 29.2. The zero-order chi connectivity index (χ0) is 29.0. The van der Waals surface area contributed by atoms with Crippen LogP contribution >= 0.6 is 11.6 Å². The summed E-state index contributed by atoms with van der Waals surface area (Å²) in [6.45, 7) is 3.32. The maximum Gasteiger partial charge on any atom is 0.331 e. The molecule has 1 N–H and O–H groups in total. The highest BCUT2D eigenvalue weighted by Gasteiger charge is 2.52. The molecule has 1 spiro atoms. The van der Waals surface area contributed by atoms with E-state index in [2.05, 4.69) is 18.3 Å². The van der Waals surface area contributed by atoms with Crippen LogP contribution < -0.4 is 10.1 Å². The van der Waals surface area contributed by atoms with Crippen molar-refractivity contribution < 1.29 is 23.4 Å². The molecule has 2 aliphatic carbocycles. The first-order valence-corrected chi connectivity index (χ1v) is 14.5. The molecular weight excluding hydrogens is 541 g/mol. The number of nitrogens with one attached hydrogen (secondary N) is 1. The minimum atomic E-state index is -0.869. The van der Waals surface area contributed by atoms with Crippen molar-refractivity contribution in [2.24, 2.45) is 5.92 Å². The van der Waals surface area contributed by atoms with Crippen LogP contribution in [0.3, 0.4) is 0 Å². The van der Waals surface area contributed by atoms with Crippen molar-refractivity contribution >= 4 is 29.3 Å². The van der Waals surface area contributed by atoms with Gasteiger partial charge in [0.05, 0.1) is 20.8 Å². The van der Waals surface area contributed by atoms with Gasteiger partial charge in [0.15, 0.2) is 0 Å². The molecule has 216 valence electrons. The van der Waals surface area contributed by atoms with E-state index in [4.69, 9.17) is 25.8 Å². The van der Waals surface area contributed by atoms with Crippen molar-refractivity contribution in [2.75, 3.05) is 26.1 Å². The topological polar surface area (TPSA) is 56.8 Å². The highest BCUT2D eigenvalue weighted by Crippen LogP contribution is 2.55. The second-order valence-corrected chi connectivity index (χ2v) is 11.8. The Hall–Kier alpha value is -3.35. The Labute approximate surface area is 246 Å². The second kappa shape index (κ2) is 12.3. The average molecular weight is 578 g/mol. The molecule has 3 aromatic rings. The average Bonchev–Trinajstić information content (AvgIpc) is 3.25. The quantitative estimate of drug-likeness (QED) is 0.248. The summed E-state index contributed by atoms with van der Waals surface area (Å²) in [7, 11) is 3.09. The number of halogens is 2. The molecule has 0 amide bonds. The van der Waals surface area contributed by atoms with Gasteiger partial charge >= 0.3 is 5.97 Å².